The highest BCUT2D eigenvalue weighted by molar-refractivity contribution is 7.99. The first-order valence-electron chi connectivity index (χ1n) is 6.80. The third-order valence-electron chi connectivity index (χ3n) is 3.56. The Kier molecular flexibility index (Phi) is 4.20. The largest absolute Gasteiger partial charge is 0.310 e. The molecular weight excluding hydrogens is 254 g/mol. The van der Waals surface area contributed by atoms with Gasteiger partial charge >= 0.3 is 0 Å². The minimum absolute atomic E-state index is 0.703. The fraction of sp³-hybridized carbons (Fsp3) is 0.400. The fourth-order valence-corrected chi connectivity index (χ4v) is 3.47. The van der Waals surface area contributed by atoms with Crippen LogP contribution in [0.4, 0.5) is 0 Å². The van der Waals surface area contributed by atoms with Crippen molar-refractivity contribution in [3.63, 3.8) is 0 Å². The van der Waals surface area contributed by atoms with Gasteiger partial charge in [0.2, 0.25) is 0 Å². The van der Waals surface area contributed by atoms with Crippen molar-refractivity contribution >= 4 is 11.8 Å². The number of rotatable bonds is 4. The third-order valence-corrected chi connectivity index (χ3v) is 4.60. The summed E-state index contributed by atoms with van der Waals surface area (Å²) in [5.41, 5.74) is 2.51. The summed E-state index contributed by atoms with van der Waals surface area (Å²) < 4.78 is 2.02. The Morgan fingerprint density at radius 1 is 1.21 bits per heavy atom. The van der Waals surface area contributed by atoms with Crippen molar-refractivity contribution in [2.75, 3.05) is 11.5 Å². The van der Waals surface area contributed by atoms with Crippen LogP contribution in [0.25, 0.3) is 5.69 Å². The van der Waals surface area contributed by atoms with Crippen molar-refractivity contribution < 1.29 is 0 Å². The predicted octanol–water partition coefficient (Wildman–Crippen LogP) is 2.86. The minimum Gasteiger partial charge on any atom is -0.310 e. The minimum atomic E-state index is 0.703. The Morgan fingerprint density at radius 3 is 2.68 bits per heavy atom. The maximum absolute atomic E-state index is 4.07. The Balaban J connectivity index is 1.57. The normalized spacial score (nSPS) is 16.6. The first-order chi connectivity index (χ1) is 9.42. The molecule has 3 rings (SSSR count). The Bertz CT molecular complexity index is 487. The molecule has 0 spiro atoms. The van der Waals surface area contributed by atoms with Crippen molar-refractivity contribution in [2.45, 2.75) is 25.4 Å². The fourth-order valence-electron chi connectivity index (χ4n) is 2.36. The lowest BCUT2D eigenvalue weighted by molar-refractivity contribution is 0.482. The molecule has 0 bridgehead atoms. The summed E-state index contributed by atoms with van der Waals surface area (Å²) in [4.78, 5) is 4.07. The molecule has 1 aromatic carbocycles. The lowest BCUT2D eigenvalue weighted by atomic mass is 10.1. The maximum Gasteiger partial charge on any atom is 0.0991 e. The van der Waals surface area contributed by atoms with E-state index in [1.54, 1.807) is 6.20 Å². The standard InChI is InChI=1S/C15H19N3S/c1-3-15(18-8-7-16-12-18)4-2-13(1)11-17-14-5-9-19-10-6-14/h1-4,7-8,12,14,17H,5-6,9-11H2. The maximum atomic E-state index is 4.07. The molecule has 4 heteroatoms. The smallest absolute Gasteiger partial charge is 0.0991 e. The van der Waals surface area contributed by atoms with E-state index in [-0.39, 0.29) is 0 Å². The first-order valence-corrected chi connectivity index (χ1v) is 7.96. The Labute approximate surface area is 118 Å². The molecule has 3 nitrogen and oxygen atoms in total. The van der Waals surface area contributed by atoms with E-state index in [9.17, 15) is 0 Å². The number of hydrogen-bond donors (Lipinski definition) is 1. The second-order valence-electron chi connectivity index (χ2n) is 4.90. The summed E-state index contributed by atoms with van der Waals surface area (Å²) in [5, 5.41) is 3.66. The molecular formula is C15H19N3S. The number of thioether (sulfide) groups is 1. The van der Waals surface area contributed by atoms with Gasteiger partial charge in [0.1, 0.15) is 0 Å². The van der Waals surface area contributed by atoms with E-state index in [1.807, 2.05) is 17.1 Å². The topological polar surface area (TPSA) is 29.9 Å². The Hall–Kier alpha value is -1.26. The van der Waals surface area contributed by atoms with Crippen LogP contribution in [0.3, 0.4) is 0 Å². The second-order valence-corrected chi connectivity index (χ2v) is 6.13. The van der Waals surface area contributed by atoms with Gasteiger partial charge in [-0.2, -0.15) is 11.8 Å². The van der Waals surface area contributed by atoms with Crippen LogP contribution in [0.2, 0.25) is 0 Å². The Morgan fingerprint density at radius 2 is 2.00 bits per heavy atom. The molecule has 19 heavy (non-hydrogen) atoms. The summed E-state index contributed by atoms with van der Waals surface area (Å²) in [6.45, 7) is 0.972. The van der Waals surface area contributed by atoms with Crippen molar-refractivity contribution in [1.82, 2.24) is 14.9 Å². The number of imidazole rings is 1. The van der Waals surface area contributed by atoms with Crippen LogP contribution in [-0.4, -0.2) is 27.1 Å². The van der Waals surface area contributed by atoms with Crippen LogP contribution in [0.15, 0.2) is 43.0 Å². The quantitative estimate of drug-likeness (QED) is 0.929. The van der Waals surface area contributed by atoms with Crippen molar-refractivity contribution in [3.05, 3.63) is 48.5 Å². The van der Waals surface area contributed by atoms with Gasteiger partial charge in [0.15, 0.2) is 0 Å². The highest BCUT2D eigenvalue weighted by Gasteiger charge is 2.12. The van der Waals surface area contributed by atoms with Crippen LogP contribution in [0, 0.1) is 0 Å². The molecule has 1 saturated heterocycles. The van der Waals surface area contributed by atoms with Gasteiger partial charge < -0.3 is 9.88 Å². The lowest BCUT2D eigenvalue weighted by Crippen LogP contribution is -2.31. The number of nitrogens with zero attached hydrogens (tertiary/aromatic N) is 2. The van der Waals surface area contributed by atoms with E-state index in [0.29, 0.717) is 6.04 Å². The first kappa shape index (κ1) is 12.8. The zero-order chi connectivity index (χ0) is 12.9. The predicted molar refractivity (Wildman–Crippen MR) is 80.8 cm³/mol. The average molecular weight is 273 g/mol. The molecule has 0 atom stereocenters. The van der Waals surface area contributed by atoms with E-state index >= 15 is 0 Å². The highest BCUT2D eigenvalue weighted by atomic mass is 32.2. The monoisotopic (exact) mass is 273 g/mol. The molecule has 0 saturated carbocycles. The van der Waals surface area contributed by atoms with Crippen molar-refractivity contribution in [3.8, 4) is 5.69 Å². The number of nitrogens with one attached hydrogen (secondary N) is 1. The van der Waals surface area contributed by atoms with Crippen LogP contribution < -0.4 is 5.32 Å². The molecule has 0 unspecified atom stereocenters. The molecule has 100 valence electrons. The summed E-state index contributed by atoms with van der Waals surface area (Å²) in [7, 11) is 0. The molecule has 2 aromatic rings. The van der Waals surface area contributed by atoms with E-state index in [0.717, 1.165) is 12.2 Å². The summed E-state index contributed by atoms with van der Waals surface area (Å²) in [6.07, 6.45) is 8.20. The zero-order valence-corrected chi connectivity index (χ0v) is 11.8. The highest BCUT2D eigenvalue weighted by Crippen LogP contribution is 2.17. The van der Waals surface area contributed by atoms with Gasteiger partial charge in [-0.25, -0.2) is 4.98 Å². The summed E-state index contributed by atoms with van der Waals surface area (Å²) in [6, 6.07) is 9.39. The molecule has 1 fully saturated rings. The molecule has 1 aliphatic rings. The molecule has 0 radical (unpaired) electrons. The van der Waals surface area contributed by atoms with E-state index < -0.39 is 0 Å². The van der Waals surface area contributed by atoms with Gasteiger partial charge in [-0.3, -0.25) is 0 Å². The average Bonchev–Trinajstić information content (AvgIpc) is 3.01. The molecule has 0 aliphatic carbocycles. The zero-order valence-electron chi connectivity index (χ0n) is 11.0. The molecule has 1 aromatic heterocycles. The molecule has 1 N–H and O–H groups in total. The van der Waals surface area contributed by atoms with E-state index in [4.69, 9.17) is 0 Å². The SMILES string of the molecule is c1cn(-c2ccc(CNC3CCSCC3)cc2)cn1. The van der Waals surface area contributed by atoms with E-state index in [1.165, 1.54) is 29.9 Å². The van der Waals surface area contributed by atoms with Gasteiger partial charge in [-0.1, -0.05) is 12.1 Å². The third kappa shape index (κ3) is 3.39. The van der Waals surface area contributed by atoms with Crippen LogP contribution >= 0.6 is 11.8 Å². The molecule has 0 amide bonds. The van der Waals surface area contributed by atoms with Gasteiger partial charge in [0.05, 0.1) is 6.33 Å². The molecule has 1 aliphatic heterocycles. The summed E-state index contributed by atoms with van der Waals surface area (Å²) in [5.74, 6) is 2.61. The van der Waals surface area contributed by atoms with Crippen LogP contribution in [-0.2, 0) is 6.54 Å². The van der Waals surface area contributed by atoms with Crippen molar-refractivity contribution in [1.29, 1.82) is 0 Å². The van der Waals surface area contributed by atoms with E-state index in [2.05, 4.69) is 46.3 Å². The van der Waals surface area contributed by atoms with Crippen LogP contribution in [0.1, 0.15) is 18.4 Å². The van der Waals surface area contributed by atoms with Gasteiger partial charge in [-0.05, 0) is 42.0 Å². The van der Waals surface area contributed by atoms with Gasteiger partial charge in [-0.15, -0.1) is 0 Å². The number of benzene rings is 1. The number of aromatic nitrogens is 2. The van der Waals surface area contributed by atoms with Crippen molar-refractivity contribution in [2.24, 2.45) is 0 Å². The van der Waals surface area contributed by atoms with Gasteiger partial charge in [0.25, 0.3) is 0 Å². The molecule has 2 heterocycles. The van der Waals surface area contributed by atoms with Gasteiger partial charge in [0, 0.05) is 30.7 Å². The number of hydrogen-bond acceptors (Lipinski definition) is 3. The van der Waals surface area contributed by atoms with Crippen LogP contribution in [0.5, 0.6) is 0 Å². The summed E-state index contributed by atoms with van der Waals surface area (Å²) >= 11 is 2.07. The second kappa shape index (κ2) is 6.26. The lowest BCUT2D eigenvalue weighted by Gasteiger charge is -2.22.